The molecule has 5 nitrogen and oxygen atoms in total. The van der Waals surface area contributed by atoms with Crippen LogP contribution in [0.4, 0.5) is 0 Å². The van der Waals surface area contributed by atoms with Crippen molar-refractivity contribution in [1.29, 1.82) is 0 Å². The fourth-order valence-corrected chi connectivity index (χ4v) is 6.10. The maximum Gasteiger partial charge on any atom is 0.332 e. The van der Waals surface area contributed by atoms with Crippen LogP contribution in [0.2, 0.25) is 0 Å². The third-order valence-electron chi connectivity index (χ3n) is 3.10. The van der Waals surface area contributed by atoms with E-state index in [0.29, 0.717) is 12.2 Å². The number of benzene rings is 2. The Balaban J connectivity index is 2.27. The van der Waals surface area contributed by atoms with Crippen LogP contribution < -0.4 is 10.5 Å². The first-order valence-electron chi connectivity index (χ1n) is 6.64. The highest BCUT2D eigenvalue weighted by Crippen LogP contribution is 2.36. The molecule has 25 heavy (non-hydrogen) atoms. The summed E-state index contributed by atoms with van der Waals surface area (Å²) in [7, 11) is 0. The van der Waals surface area contributed by atoms with Crippen LogP contribution in [-0.4, -0.2) is 17.1 Å². The summed E-state index contributed by atoms with van der Waals surface area (Å²) < 4.78 is 13.9. The highest BCUT2D eigenvalue weighted by atomic mass is 127. The second kappa shape index (κ2) is 10.1. The van der Waals surface area contributed by atoms with Gasteiger partial charge in [-0.2, -0.15) is 0 Å². The summed E-state index contributed by atoms with van der Waals surface area (Å²) in [6, 6.07) is 6.74. The summed E-state index contributed by atoms with van der Waals surface area (Å²) in [4.78, 5) is 11.5. The summed E-state index contributed by atoms with van der Waals surface area (Å²) in [5.41, 5.74) is 6.76. The van der Waals surface area contributed by atoms with Gasteiger partial charge in [0.05, 0.1) is 14.3 Å². The van der Waals surface area contributed by atoms with E-state index in [2.05, 4.69) is 93.4 Å². The zero-order valence-electron chi connectivity index (χ0n) is 12.2. The Labute approximate surface area is 213 Å². The van der Waals surface area contributed by atoms with Crippen molar-refractivity contribution in [3.63, 3.8) is 0 Å². The molecule has 0 saturated heterocycles. The molecule has 0 aliphatic rings. The van der Waals surface area contributed by atoms with Gasteiger partial charge in [-0.3, -0.25) is 0 Å². The van der Waals surface area contributed by atoms with Crippen LogP contribution in [0.1, 0.15) is 5.56 Å². The Bertz CT molecular complexity index is 768. The monoisotopic (exact) mass is 903 g/mol. The summed E-state index contributed by atoms with van der Waals surface area (Å²) in [5.74, 6) is 1.19. The Hall–Kier alpha value is 1.12. The molecule has 0 aromatic heterocycles. The third kappa shape index (κ3) is 6.05. The van der Waals surface area contributed by atoms with Crippen molar-refractivity contribution in [3.8, 4) is 17.2 Å². The van der Waals surface area contributed by atoms with Gasteiger partial charge in [-0.25, -0.2) is 4.79 Å². The largest absolute Gasteiger partial charge is 0.506 e. The first-order valence-corrected chi connectivity index (χ1v) is 11.8. The minimum absolute atomic E-state index is 0.254. The molecule has 0 spiro atoms. The maximum atomic E-state index is 11.5. The highest BCUT2D eigenvalue weighted by Gasteiger charge is 2.18. The zero-order chi connectivity index (χ0) is 18.7. The molecule has 3 N–H and O–H groups in total. The number of halogens is 5. The van der Waals surface area contributed by atoms with Crippen molar-refractivity contribution >= 4 is 119 Å². The second-order valence-corrected chi connectivity index (χ2v) is 10.0. The van der Waals surface area contributed by atoms with Gasteiger partial charge in [-0.15, -0.1) is 0 Å². The molecule has 0 amide bonds. The number of aromatic hydroxyl groups is 1. The molecule has 0 saturated carbocycles. The van der Waals surface area contributed by atoms with Crippen LogP contribution in [0.15, 0.2) is 24.3 Å². The Kier molecular flexibility index (Phi) is 9.01. The molecule has 10 heteroatoms. The van der Waals surface area contributed by atoms with E-state index in [4.69, 9.17) is 10.5 Å². The van der Waals surface area contributed by atoms with Gasteiger partial charge in [0.15, 0.2) is 28.8 Å². The van der Waals surface area contributed by atoms with Gasteiger partial charge in [0.25, 0.3) is 0 Å². The molecule has 0 radical (unpaired) electrons. The van der Waals surface area contributed by atoms with Gasteiger partial charge in [0.2, 0.25) is 0 Å². The van der Waals surface area contributed by atoms with E-state index in [0.717, 1.165) is 25.6 Å². The van der Waals surface area contributed by atoms with Crippen LogP contribution >= 0.6 is 113 Å². The van der Waals surface area contributed by atoms with Gasteiger partial charge < -0.3 is 18.6 Å². The smallest absolute Gasteiger partial charge is 0.332 e. The number of phenolic OH excluding ortho intramolecular Hbond substituents is 1. The second-order valence-electron chi connectivity index (χ2n) is 4.93. The lowest BCUT2D eigenvalue weighted by molar-refractivity contribution is -0.132. The van der Waals surface area contributed by atoms with Gasteiger partial charge in [0, 0.05) is 0 Å². The molecule has 0 aliphatic heterocycles. The maximum absolute atomic E-state index is 11.5. The molecular weight excluding hydrogens is 893 g/mol. The van der Waals surface area contributed by atoms with Crippen molar-refractivity contribution in [3.05, 3.63) is 44.1 Å². The average Bonchev–Trinajstić information content (AvgIpc) is 2.55. The highest BCUT2D eigenvalue weighted by molar-refractivity contribution is 14.1. The minimum atomic E-state index is -0.699. The molecule has 1 atom stereocenters. The third-order valence-corrected chi connectivity index (χ3v) is 6.78. The van der Waals surface area contributed by atoms with Gasteiger partial charge >= 0.3 is 5.97 Å². The van der Waals surface area contributed by atoms with E-state index in [1.165, 1.54) is 23.0 Å². The Morgan fingerprint density at radius 2 is 1.56 bits per heavy atom. The molecule has 0 heterocycles. The summed E-state index contributed by atoms with van der Waals surface area (Å²) in [6.07, 6.45) is 0.392. The molecule has 2 aromatic rings. The van der Waals surface area contributed by atoms with E-state index in [9.17, 15) is 9.90 Å². The van der Waals surface area contributed by atoms with Crippen molar-refractivity contribution in [2.24, 2.45) is 5.73 Å². The zero-order valence-corrected chi connectivity index (χ0v) is 23.0. The quantitative estimate of drug-likeness (QED) is 0.396. The van der Waals surface area contributed by atoms with Crippen LogP contribution in [-0.2, 0) is 14.3 Å². The number of hydrogen-bond acceptors (Lipinski definition) is 5. The number of hydrogen-bond donors (Lipinski definition) is 2. The standard InChI is InChI=1S/C15H10I5NO4/c16-8-4-7(5-9(17)13(8)22)24-14-10(18)1-6(2-11(14)19)3-12(21)15(23)25-20/h1-2,4-5,12,22H,3,21H2/t12-/m0/s1. The van der Waals surface area contributed by atoms with E-state index < -0.39 is 12.0 Å². The van der Waals surface area contributed by atoms with Crippen LogP contribution in [0.5, 0.6) is 17.2 Å². The fourth-order valence-electron chi connectivity index (χ4n) is 1.94. The van der Waals surface area contributed by atoms with Crippen LogP contribution in [0, 0.1) is 14.3 Å². The van der Waals surface area contributed by atoms with Crippen molar-refractivity contribution in [2.45, 2.75) is 12.5 Å². The normalized spacial score (nSPS) is 11.9. The molecule has 0 aliphatic carbocycles. The average molecular weight is 903 g/mol. The lowest BCUT2D eigenvalue weighted by Gasteiger charge is -2.14. The predicted octanol–water partition coefficient (Wildman–Crippen LogP) is 5.37. The number of carbonyl (C=O) groups excluding carboxylic acids is 1. The molecule has 2 aromatic carbocycles. The van der Waals surface area contributed by atoms with Crippen LogP contribution in [0.25, 0.3) is 0 Å². The first kappa shape index (κ1) is 22.4. The van der Waals surface area contributed by atoms with Crippen LogP contribution in [0.3, 0.4) is 0 Å². The molecule has 134 valence electrons. The lowest BCUT2D eigenvalue weighted by atomic mass is 10.1. The van der Waals surface area contributed by atoms with E-state index in [1.807, 2.05) is 12.1 Å². The number of nitrogens with two attached hydrogens (primary N) is 1. The molecule has 0 unspecified atom stereocenters. The number of ether oxygens (including phenoxy) is 1. The van der Waals surface area contributed by atoms with Gasteiger partial charge in [-0.05, 0) is 127 Å². The van der Waals surface area contributed by atoms with Crippen molar-refractivity contribution in [2.75, 3.05) is 0 Å². The molecule has 0 fully saturated rings. The molecular formula is C15H10I5NO4. The van der Waals surface area contributed by atoms with Gasteiger partial charge in [0.1, 0.15) is 17.5 Å². The summed E-state index contributed by atoms with van der Waals surface area (Å²) in [5, 5.41) is 9.87. The number of phenols is 1. The van der Waals surface area contributed by atoms with E-state index >= 15 is 0 Å². The predicted molar refractivity (Wildman–Crippen MR) is 137 cm³/mol. The van der Waals surface area contributed by atoms with Crippen molar-refractivity contribution in [1.82, 2.24) is 0 Å². The Morgan fingerprint density at radius 1 is 1.04 bits per heavy atom. The summed E-state index contributed by atoms with van der Waals surface area (Å²) >= 11 is 10.1. The van der Waals surface area contributed by atoms with Gasteiger partial charge in [-0.1, -0.05) is 0 Å². The van der Waals surface area contributed by atoms with E-state index in [1.54, 1.807) is 12.1 Å². The number of carbonyl (C=O) groups is 1. The minimum Gasteiger partial charge on any atom is -0.506 e. The number of rotatable bonds is 5. The Morgan fingerprint density at radius 3 is 2.04 bits per heavy atom. The topological polar surface area (TPSA) is 81.8 Å². The van der Waals surface area contributed by atoms with E-state index in [-0.39, 0.29) is 5.75 Å². The summed E-state index contributed by atoms with van der Waals surface area (Å²) in [6.45, 7) is 0. The molecule has 0 bridgehead atoms. The lowest BCUT2D eigenvalue weighted by Crippen LogP contribution is -2.32. The van der Waals surface area contributed by atoms with Crippen molar-refractivity contribution < 1.29 is 17.7 Å². The molecule has 2 rings (SSSR count). The SMILES string of the molecule is N[C@@H](Cc1cc(I)c(Oc2cc(I)c(O)c(I)c2)c(I)c1)C(=O)OI. The first-order chi connectivity index (χ1) is 11.7. The fraction of sp³-hybridized carbons (Fsp3) is 0.133.